The average molecular weight is 352 g/mol. The maximum absolute atomic E-state index is 13.5. The summed E-state index contributed by atoms with van der Waals surface area (Å²) in [5.41, 5.74) is 1.17. The van der Waals surface area contributed by atoms with Gasteiger partial charge in [-0.1, -0.05) is 0 Å². The molecule has 7 heteroatoms. The van der Waals surface area contributed by atoms with Crippen LogP contribution >= 0.6 is 11.3 Å². The molecule has 0 unspecified atom stereocenters. The number of rotatable bonds is 5. The summed E-state index contributed by atoms with van der Waals surface area (Å²) in [5.74, 6) is -1.46. The zero-order valence-electron chi connectivity index (χ0n) is 12.1. The van der Waals surface area contributed by atoms with Crippen LogP contribution in [0.1, 0.15) is 5.56 Å². The van der Waals surface area contributed by atoms with E-state index >= 15 is 0 Å². The van der Waals surface area contributed by atoms with Gasteiger partial charge in [0.25, 0.3) is 0 Å². The summed E-state index contributed by atoms with van der Waals surface area (Å²) in [7, 11) is 0. The second-order valence-corrected chi connectivity index (χ2v) is 6.08. The Morgan fingerprint density at radius 2 is 1.88 bits per heavy atom. The topological polar surface area (TPSA) is 46.5 Å². The van der Waals surface area contributed by atoms with Crippen molar-refractivity contribution in [3.05, 3.63) is 53.8 Å². The molecule has 0 spiro atoms. The number of carboxylic acid groups (broad SMARTS) is 1. The van der Waals surface area contributed by atoms with E-state index in [9.17, 15) is 18.0 Å². The molecule has 24 heavy (non-hydrogen) atoms. The first-order valence-electron chi connectivity index (χ1n) is 6.92. The molecule has 0 saturated carbocycles. The van der Waals surface area contributed by atoms with E-state index in [1.54, 1.807) is 18.2 Å². The SMILES string of the molecule is O=C(O)Cc1c(-c2ccc(OC(F)F)cc2)sc2ccc(F)cc12. The molecule has 2 aromatic carbocycles. The summed E-state index contributed by atoms with van der Waals surface area (Å²) in [5, 5.41) is 9.68. The number of hydrogen-bond acceptors (Lipinski definition) is 3. The van der Waals surface area contributed by atoms with Crippen molar-refractivity contribution in [3.63, 3.8) is 0 Å². The fourth-order valence-corrected chi connectivity index (χ4v) is 3.68. The Labute approximate surface area is 138 Å². The van der Waals surface area contributed by atoms with Crippen molar-refractivity contribution in [1.82, 2.24) is 0 Å². The predicted molar refractivity (Wildman–Crippen MR) is 85.2 cm³/mol. The Morgan fingerprint density at radius 3 is 2.50 bits per heavy atom. The van der Waals surface area contributed by atoms with Crippen molar-refractivity contribution in [2.45, 2.75) is 13.0 Å². The minimum atomic E-state index is -2.91. The van der Waals surface area contributed by atoms with Crippen molar-refractivity contribution in [2.24, 2.45) is 0 Å². The molecule has 0 radical (unpaired) electrons. The van der Waals surface area contributed by atoms with Crippen LogP contribution in [-0.4, -0.2) is 17.7 Å². The van der Waals surface area contributed by atoms with Gasteiger partial charge in [-0.2, -0.15) is 8.78 Å². The highest BCUT2D eigenvalue weighted by Crippen LogP contribution is 2.39. The van der Waals surface area contributed by atoms with Gasteiger partial charge in [0.1, 0.15) is 11.6 Å². The van der Waals surface area contributed by atoms with E-state index in [2.05, 4.69) is 4.74 Å². The number of alkyl halides is 2. The van der Waals surface area contributed by atoms with Gasteiger partial charge in [0.2, 0.25) is 0 Å². The minimum absolute atomic E-state index is 0.0145. The van der Waals surface area contributed by atoms with Crippen molar-refractivity contribution in [2.75, 3.05) is 0 Å². The molecule has 124 valence electrons. The number of carboxylic acids is 1. The molecule has 0 amide bonds. The molecular formula is C17H11F3O3S. The molecule has 0 aliphatic heterocycles. The van der Waals surface area contributed by atoms with Crippen molar-refractivity contribution >= 4 is 27.4 Å². The fraction of sp³-hybridized carbons (Fsp3) is 0.118. The van der Waals surface area contributed by atoms with E-state index in [0.29, 0.717) is 21.4 Å². The largest absolute Gasteiger partial charge is 0.481 e. The van der Waals surface area contributed by atoms with Crippen LogP contribution in [0.5, 0.6) is 5.75 Å². The first-order chi connectivity index (χ1) is 11.4. The Morgan fingerprint density at radius 1 is 1.17 bits per heavy atom. The van der Waals surface area contributed by atoms with Gasteiger partial charge in [-0.25, -0.2) is 4.39 Å². The zero-order chi connectivity index (χ0) is 17.3. The molecule has 1 heterocycles. The summed E-state index contributed by atoms with van der Waals surface area (Å²) in [4.78, 5) is 11.8. The average Bonchev–Trinajstić information content (AvgIpc) is 2.85. The molecule has 3 aromatic rings. The van der Waals surface area contributed by atoms with E-state index in [1.165, 1.54) is 35.6 Å². The number of carbonyl (C=O) groups is 1. The van der Waals surface area contributed by atoms with Crippen LogP contribution in [0.15, 0.2) is 42.5 Å². The van der Waals surface area contributed by atoms with Crippen LogP contribution in [0.4, 0.5) is 13.2 Å². The van der Waals surface area contributed by atoms with Crippen LogP contribution in [0.2, 0.25) is 0 Å². The highest BCUT2D eigenvalue weighted by atomic mass is 32.1. The first kappa shape index (κ1) is 16.3. The number of ether oxygens (including phenoxy) is 1. The van der Waals surface area contributed by atoms with Gasteiger partial charge in [0.15, 0.2) is 0 Å². The number of halogens is 3. The standard InChI is InChI=1S/C17H11F3O3S/c18-10-3-6-14-12(7-10)13(8-15(21)22)16(24-14)9-1-4-11(5-2-9)23-17(19)20/h1-7,17H,8H2,(H,21,22). The zero-order valence-corrected chi connectivity index (χ0v) is 12.9. The second kappa shape index (κ2) is 6.52. The maximum atomic E-state index is 13.5. The summed E-state index contributed by atoms with van der Waals surface area (Å²) in [6.45, 7) is -2.91. The molecule has 1 N–H and O–H groups in total. The monoisotopic (exact) mass is 352 g/mol. The second-order valence-electron chi connectivity index (χ2n) is 5.02. The molecular weight excluding hydrogens is 341 g/mol. The number of aliphatic carboxylic acids is 1. The molecule has 0 bridgehead atoms. The summed E-state index contributed by atoms with van der Waals surface area (Å²) in [6.07, 6.45) is -0.256. The van der Waals surface area contributed by atoms with E-state index in [1.807, 2.05) is 0 Å². The van der Waals surface area contributed by atoms with Crippen LogP contribution < -0.4 is 4.74 Å². The number of thiophene rings is 1. The fourth-order valence-electron chi connectivity index (χ4n) is 2.47. The lowest BCUT2D eigenvalue weighted by atomic mass is 10.0. The molecule has 3 nitrogen and oxygen atoms in total. The third-order valence-corrected chi connectivity index (χ3v) is 4.68. The van der Waals surface area contributed by atoms with Crippen LogP contribution in [0, 0.1) is 5.82 Å². The lowest BCUT2D eigenvalue weighted by molar-refractivity contribution is -0.136. The van der Waals surface area contributed by atoms with Gasteiger partial charge >= 0.3 is 12.6 Å². The third-order valence-electron chi connectivity index (χ3n) is 3.42. The van der Waals surface area contributed by atoms with Crippen LogP contribution in [0.3, 0.4) is 0 Å². The van der Waals surface area contributed by atoms with Gasteiger partial charge in [-0.3, -0.25) is 4.79 Å². The van der Waals surface area contributed by atoms with Crippen molar-refractivity contribution < 1.29 is 27.8 Å². The predicted octanol–water partition coefficient (Wildman–Crippen LogP) is 4.94. The van der Waals surface area contributed by atoms with Gasteiger partial charge in [-0.15, -0.1) is 11.3 Å². The van der Waals surface area contributed by atoms with Gasteiger partial charge in [0, 0.05) is 9.58 Å². The van der Waals surface area contributed by atoms with Gasteiger partial charge in [0.05, 0.1) is 6.42 Å². The quantitative estimate of drug-likeness (QED) is 0.708. The third kappa shape index (κ3) is 3.35. The Kier molecular flexibility index (Phi) is 4.44. The van der Waals surface area contributed by atoms with E-state index in [-0.39, 0.29) is 12.2 Å². The molecule has 0 saturated heterocycles. The molecule has 0 atom stereocenters. The first-order valence-corrected chi connectivity index (χ1v) is 7.73. The summed E-state index contributed by atoms with van der Waals surface area (Å²) < 4.78 is 43.0. The summed E-state index contributed by atoms with van der Waals surface area (Å²) in [6, 6.07) is 10.1. The maximum Gasteiger partial charge on any atom is 0.387 e. The Bertz CT molecular complexity index is 888. The molecule has 0 fully saturated rings. The number of benzene rings is 2. The minimum Gasteiger partial charge on any atom is -0.481 e. The highest BCUT2D eigenvalue weighted by molar-refractivity contribution is 7.22. The number of hydrogen-bond donors (Lipinski definition) is 1. The van der Waals surface area contributed by atoms with E-state index in [0.717, 1.165) is 4.70 Å². The Balaban J connectivity index is 2.09. The van der Waals surface area contributed by atoms with Crippen molar-refractivity contribution in [1.29, 1.82) is 0 Å². The highest BCUT2D eigenvalue weighted by Gasteiger charge is 2.17. The molecule has 0 aliphatic rings. The van der Waals surface area contributed by atoms with Crippen LogP contribution in [-0.2, 0) is 11.2 Å². The normalized spacial score (nSPS) is 11.2. The summed E-state index contributed by atoms with van der Waals surface area (Å²) >= 11 is 1.33. The van der Waals surface area contributed by atoms with Crippen molar-refractivity contribution in [3.8, 4) is 16.2 Å². The molecule has 0 aliphatic carbocycles. The van der Waals surface area contributed by atoms with Gasteiger partial charge < -0.3 is 9.84 Å². The van der Waals surface area contributed by atoms with E-state index < -0.39 is 18.4 Å². The lowest BCUT2D eigenvalue weighted by Gasteiger charge is -2.06. The van der Waals surface area contributed by atoms with Crippen LogP contribution in [0.25, 0.3) is 20.5 Å². The molecule has 1 aromatic heterocycles. The van der Waals surface area contributed by atoms with Gasteiger partial charge in [-0.05, 0) is 59.0 Å². The Hall–Kier alpha value is -2.54. The lowest BCUT2D eigenvalue weighted by Crippen LogP contribution is -2.02. The smallest absolute Gasteiger partial charge is 0.387 e. The van der Waals surface area contributed by atoms with E-state index in [4.69, 9.17) is 5.11 Å². The number of fused-ring (bicyclic) bond motifs is 1. The molecule has 3 rings (SSSR count).